The van der Waals surface area contributed by atoms with Gasteiger partial charge in [-0.05, 0) is 51.4 Å². The number of likely N-dealkylation sites (tertiary alicyclic amines) is 1. The Morgan fingerprint density at radius 1 is 1.06 bits per heavy atom. The average Bonchev–Trinajstić information content (AvgIpc) is 3.33. The number of rotatable bonds is 4. The molecule has 0 spiro atoms. The van der Waals surface area contributed by atoms with Gasteiger partial charge in [-0.25, -0.2) is 18.2 Å². The summed E-state index contributed by atoms with van der Waals surface area (Å²) in [4.78, 5) is 16.3. The summed E-state index contributed by atoms with van der Waals surface area (Å²) >= 11 is 0. The van der Waals surface area contributed by atoms with Crippen molar-refractivity contribution in [3.8, 4) is 0 Å². The van der Waals surface area contributed by atoms with Crippen LogP contribution in [0.3, 0.4) is 0 Å². The Morgan fingerprint density at radius 3 is 2.24 bits per heavy atom. The highest BCUT2D eigenvalue weighted by molar-refractivity contribution is 7.89. The molecule has 2 aliphatic heterocycles. The third kappa shape index (κ3) is 6.33. The smallest absolute Gasteiger partial charge is 0.475 e. The maximum Gasteiger partial charge on any atom is 0.490 e. The average molecular weight is 489 g/mol. The molecule has 1 aromatic heterocycles. The van der Waals surface area contributed by atoms with Crippen molar-refractivity contribution in [1.29, 1.82) is 0 Å². The van der Waals surface area contributed by atoms with Crippen molar-refractivity contribution in [3.05, 3.63) is 47.5 Å². The Balaban J connectivity index is 0.000000383. The Bertz CT molecular complexity index is 1060. The molecule has 0 saturated carbocycles. The van der Waals surface area contributed by atoms with Gasteiger partial charge in [0.1, 0.15) is 0 Å². The van der Waals surface area contributed by atoms with Crippen LogP contribution in [-0.4, -0.2) is 64.1 Å². The molecule has 2 aromatic rings. The van der Waals surface area contributed by atoms with Crippen molar-refractivity contribution in [2.45, 2.75) is 56.9 Å². The zero-order chi connectivity index (χ0) is 24.2. The summed E-state index contributed by atoms with van der Waals surface area (Å²) in [6.07, 6.45) is 0.0777. The Morgan fingerprint density at radius 2 is 1.67 bits per heavy atom. The number of hydrogen-bond acceptors (Lipinski definition) is 5. The molecule has 0 unspecified atom stereocenters. The molecule has 1 aromatic carbocycles. The zero-order valence-corrected chi connectivity index (χ0v) is 19.1. The van der Waals surface area contributed by atoms with Gasteiger partial charge in [-0.3, -0.25) is 4.90 Å². The molecule has 0 atom stereocenters. The number of benzene rings is 1. The van der Waals surface area contributed by atoms with Crippen molar-refractivity contribution >= 4 is 16.0 Å². The van der Waals surface area contributed by atoms with Crippen LogP contribution in [0, 0.1) is 6.92 Å². The van der Waals surface area contributed by atoms with Crippen LogP contribution < -0.4 is 0 Å². The number of halogens is 3. The van der Waals surface area contributed by atoms with E-state index in [-0.39, 0.29) is 0 Å². The molecule has 0 bridgehead atoms. The molecule has 1 saturated heterocycles. The number of carboxylic acids is 1. The molecule has 3 heterocycles. The minimum atomic E-state index is -5.08. The second kappa shape index (κ2) is 10.2. The number of fused-ring (bicyclic) bond motifs is 1. The minimum absolute atomic E-state index is 0.372. The van der Waals surface area contributed by atoms with Gasteiger partial charge in [-0.15, -0.1) is 0 Å². The van der Waals surface area contributed by atoms with Crippen molar-refractivity contribution in [1.82, 2.24) is 18.8 Å². The van der Waals surface area contributed by atoms with Gasteiger partial charge in [0.15, 0.2) is 0 Å². The van der Waals surface area contributed by atoms with Crippen molar-refractivity contribution in [2.75, 3.05) is 19.6 Å². The number of alkyl halides is 3. The lowest BCUT2D eigenvalue weighted by molar-refractivity contribution is -0.192. The van der Waals surface area contributed by atoms with E-state index < -0.39 is 22.2 Å². The highest BCUT2D eigenvalue weighted by atomic mass is 32.2. The van der Waals surface area contributed by atoms with Crippen molar-refractivity contribution < 1.29 is 31.5 Å². The number of aliphatic carboxylic acids is 1. The van der Waals surface area contributed by atoms with Crippen LogP contribution in [0.1, 0.15) is 36.2 Å². The van der Waals surface area contributed by atoms with Gasteiger partial charge in [0.05, 0.1) is 29.2 Å². The first-order valence-electron chi connectivity index (χ1n) is 10.6. The quantitative estimate of drug-likeness (QED) is 0.711. The minimum Gasteiger partial charge on any atom is -0.475 e. The monoisotopic (exact) mass is 488 g/mol. The number of aromatic nitrogens is 2. The predicted molar refractivity (Wildman–Crippen MR) is 114 cm³/mol. The van der Waals surface area contributed by atoms with Crippen LogP contribution >= 0.6 is 0 Å². The molecule has 2 aliphatic rings. The Kier molecular flexibility index (Phi) is 7.80. The lowest BCUT2D eigenvalue weighted by atomic mass is 10.2. The van der Waals surface area contributed by atoms with E-state index in [9.17, 15) is 21.6 Å². The molecule has 0 amide bonds. The van der Waals surface area contributed by atoms with E-state index in [4.69, 9.17) is 9.90 Å². The second-order valence-corrected chi connectivity index (χ2v) is 10.1. The maximum absolute atomic E-state index is 13.1. The van der Waals surface area contributed by atoms with E-state index in [1.54, 1.807) is 16.4 Å². The van der Waals surface area contributed by atoms with Gasteiger partial charge in [0.25, 0.3) is 0 Å². The number of sulfonamides is 1. The third-order valence-corrected chi connectivity index (χ3v) is 7.50. The van der Waals surface area contributed by atoms with Crippen LogP contribution in [0.4, 0.5) is 13.2 Å². The van der Waals surface area contributed by atoms with Crippen LogP contribution in [-0.2, 0) is 34.5 Å². The molecule has 1 N–H and O–H groups in total. The van der Waals surface area contributed by atoms with E-state index in [2.05, 4.69) is 14.5 Å². The van der Waals surface area contributed by atoms with E-state index in [0.717, 1.165) is 49.6 Å². The van der Waals surface area contributed by atoms with Crippen molar-refractivity contribution in [2.24, 2.45) is 0 Å². The van der Waals surface area contributed by atoms with Crippen LogP contribution in [0.25, 0.3) is 0 Å². The molecule has 33 heavy (non-hydrogen) atoms. The molecular formula is C21H27F3N4O4S. The second-order valence-electron chi connectivity index (χ2n) is 8.12. The third-order valence-electron chi connectivity index (χ3n) is 5.64. The summed E-state index contributed by atoms with van der Waals surface area (Å²) < 4.78 is 61.7. The summed E-state index contributed by atoms with van der Waals surface area (Å²) in [5.41, 5.74) is 3.13. The van der Waals surface area contributed by atoms with Gasteiger partial charge in [-0.2, -0.15) is 17.5 Å². The van der Waals surface area contributed by atoms with E-state index in [1.165, 1.54) is 12.8 Å². The molecule has 12 heteroatoms. The molecule has 4 rings (SSSR count). The number of carboxylic acid groups (broad SMARTS) is 1. The Hall–Kier alpha value is -2.44. The van der Waals surface area contributed by atoms with Gasteiger partial charge < -0.3 is 9.67 Å². The highest BCUT2D eigenvalue weighted by Gasteiger charge is 2.38. The van der Waals surface area contributed by atoms with Gasteiger partial charge in [0.2, 0.25) is 10.0 Å². The van der Waals surface area contributed by atoms with Crippen LogP contribution in [0.15, 0.2) is 35.5 Å². The maximum atomic E-state index is 13.1. The highest BCUT2D eigenvalue weighted by Crippen LogP contribution is 2.24. The molecular weight excluding hydrogens is 461 g/mol. The molecule has 0 aliphatic carbocycles. The van der Waals surface area contributed by atoms with Gasteiger partial charge in [-0.1, -0.05) is 17.7 Å². The largest absolute Gasteiger partial charge is 0.490 e. The fourth-order valence-corrected chi connectivity index (χ4v) is 5.28. The Labute approximate surface area is 190 Å². The van der Waals surface area contributed by atoms with Gasteiger partial charge in [0, 0.05) is 19.6 Å². The number of aryl methyl sites for hydroxylation is 2. The van der Waals surface area contributed by atoms with E-state index in [1.807, 2.05) is 25.4 Å². The lowest BCUT2D eigenvalue weighted by Gasteiger charge is -2.21. The number of hydrogen-bond donors (Lipinski definition) is 1. The first kappa shape index (κ1) is 25.2. The molecule has 182 valence electrons. The number of imidazole rings is 1. The fraction of sp³-hybridized carbons (Fsp3) is 0.524. The van der Waals surface area contributed by atoms with E-state index >= 15 is 0 Å². The van der Waals surface area contributed by atoms with Gasteiger partial charge >= 0.3 is 12.1 Å². The van der Waals surface area contributed by atoms with Crippen LogP contribution in [0.2, 0.25) is 0 Å². The van der Waals surface area contributed by atoms with E-state index in [0.29, 0.717) is 18.0 Å². The number of nitrogens with zero attached hydrogens (tertiary/aromatic N) is 4. The first-order chi connectivity index (χ1) is 15.5. The molecule has 1 fully saturated rings. The standard InChI is InChI=1S/C19H26N4O2S.C2HF3O2/c1-16-5-7-17(8-6-16)26(24,25)23-12-4-11-22-15-20-18(19(22)14-23)13-21-9-2-3-10-21;3-2(4,5)1(6)7/h5-8,15H,2-4,9-14H2,1H3;(H,6,7). The SMILES string of the molecule is Cc1ccc(S(=O)(=O)N2CCCn3cnc(CN4CCCC4)c3C2)cc1.O=C(O)C(F)(F)F. The topological polar surface area (TPSA) is 95.7 Å². The lowest BCUT2D eigenvalue weighted by Crippen LogP contribution is -2.31. The normalized spacial score (nSPS) is 17.7. The zero-order valence-electron chi connectivity index (χ0n) is 18.3. The molecule has 0 radical (unpaired) electrons. The predicted octanol–water partition coefficient (Wildman–Crippen LogP) is 3.02. The summed E-state index contributed by atoms with van der Waals surface area (Å²) in [7, 11) is -3.49. The summed E-state index contributed by atoms with van der Waals surface area (Å²) in [6, 6.07) is 7.12. The summed E-state index contributed by atoms with van der Waals surface area (Å²) in [5, 5.41) is 7.12. The molecule has 8 nitrogen and oxygen atoms in total. The summed E-state index contributed by atoms with van der Waals surface area (Å²) in [5.74, 6) is -2.76. The van der Waals surface area contributed by atoms with Crippen molar-refractivity contribution in [3.63, 3.8) is 0 Å². The number of carbonyl (C=O) groups is 1. The summed E-state index contributed by atoms with van der Waals surface area (Å²) in [6.45, 7) is 6.77. The first-order valence-corrected chi connectivity index (χ1v) is 12.0. The fourth-order valence-electron chi connectivity index (χ4n) is 3.84. The van der Waals surface area contributed by atoms with Crippen LogP contribution in [0.5, 0.6) is 0 Å².